The van der Waals surface area contributed by atoms with Crippen molar-refractivity contribution in [2.24, 2.45) is 0 Å². The maximum Gasteiger partial charge on any atom is 0.408 e. The zero-order valence-corrected chi connectivity index (χ0v) is 23.0. The number of ether oxygens (including phenoxy) is 1. The van der Waals surface area contributed by atoms with E-state index in [9.17, 15) is 14.4 Å². The molecule has 1 fully saturated rings. The maximum absolute atomic E-state index is 14.3. The number of likely N-dealkylation sites (tertiary alicyclic amines) is 1. The molecule has 1 aliphatic rings. The van der Waals surface area contributed by atoms with E-state index in [-0.39, 0.29) is 18.4 Å². The first-order valence-electron chi connectivity index (χ1n) is 13.4. The Labute approximate surface area is 234 Å². The van der Waals surface area contributed by atoms with Crippen molar-refractivity contribution >= 4 is 17.9 Å². The second kappa shape index (κ2) is 13.0. The number of aromatic nitrogens is 2. The van der Waals surface area contributed by atoms with Crippen molar-refractivity contribution in [3.8, 4) is 11.8 Å². The molecule has 0 radical (unpaired) electrons. The highest BCUT2D eigenvalue weighted by Crippen LogP contribution is 2.31. The minimum Gasteiger partial charge on any atom is -0.444 e. The van der Waals surface area contributed by atoms with E-state index in [4.69, 9.17) is 4.74 Å². The van der Waals surface area contributed by atoms with Crippen LogP contribution in [-0.2, 0) is 14.3 Å². The molecule has 40 heavy (non-hydrogen) atoms. The molecule has 0 aliphatic carbocycles. The van der Waals surface area contributed by atoms with E-state index >= 15 is 0 Å². The third-order valence-electron chi connectivity index (χ3n) is 6.50. The fourth-order valence-corrected chi connectivity index (χ4v) is 4.81. The minimum absolute atomic E-state index is 0.132. The first kappa shape index (κ1) is 28.4. The average Bonchev–Trinajstić information content (AvgIpc) is 3.63. The normalized spacial score (nSPS) is 15.6. The van der Waals surface area contributed by atoms with Gasteiger partial charge < -0.3 is 25.3 Å². The molecule has 4 rings (SSSR count). The smallest absolute Gasteiger partial charge is 0.408 e. The first-order valence-corrected chi connectivity index (χ1v) is 13.4. The number of nitrogens with zero attached hydrogens (tertiary/aromatic N) is 2. The van der Waals surface area contributed by atoms with Crippen LogP contribution >= 0.6 is 0 Å². The SMILES string of the molecule is CC(C)(C)OC(=O)N[C@@H](C(=O)N1CCC[C@H]1C(=O)NCC#Cc1cnc[nH]1)C(c1ccccc1)c1ccccc1. The minimum atomic E-state index is -1.01. The lowest BCUT2D eigenvalue weighted by Gasteiger charge is -2.34. The van der Waals surface area contributed by atoms with Gasteiger partial charge in [-0.25, -0.2) is 9.78 Å². The number of aromatic amines is 1. The number of hydrogen-bond acceptors (Lipinski definition) is 5. The van der Waals surface area contributed by atoms with Crippen LogP contribution in [0.5, 0.6) is 0 Å². The second-order valence-electron chi connectivity index (χ2n) is 10.6. The van der Waals surface area contributed by atoms with Crippen LogP contribution in [0.2, 0.25) is 0 Å². The van der Waals surface area contributed by atoms with Crippen molar-refractivity contribution in [3.63, 3.8) is 0 Å². The number of benzene rings is 2. The van der Waals surface area contributed by atoms with Crippen molar-refractivity contribution in [3.05, 3.63) is 90.0 Å². The number of rotatable bonds is 7. The summed E-state index contributed by atoms with van der Waals surface area (Å²) in [5.41, 5.74) is 1.62. The van der Waals surface area contributed by atoms with Crippen LogP contribution in [0, 0.1) is 11.8 Å². The molecule has 2 atom stereocenters. The van der Waals surface area contributed by atoms with Crippen molar-refractivity contribution in [1.82, 2.24) is 25.5 Å². The van der Waals surface area contributed by atoms with Gasteiger partial charge in [0, 0.05) is 12.5 Å². The van der Waals surface area contributed by atoms with E-state index in [1.165, 1.54) is 6.33 Å². The Balaban J connectivity index is 1.61. The van der Waals surface area contributed by atoms with Crippen LogP contribution in [0.3, 0.4) is 0 Å². The Morgan fingerprint density at radius 1 is 1.07 bits per heavy atom. The summed E-state index contributed by atoms with van der Waals surface area (Å²) in [4.78, 5) is 48.8. The number of hydrogen-bond donors (Lipinski definition) is 3. The van der Waals surface area contributed by atoms with Crippen LogP contribution in [0.25, 0.3) is 0 Å². The lowest BCUT2D eigenvalue weighted by atomic mass is 9.84. The zero-order chi connectivity index (χ0) is 28.5. The van der Waals surface area contributed by atoms with E-state index in [0.29, 0.717) is 25.1 Å². The highest BCUT2D eigenvalue weighted by Gasteiger charge is 2.42. The second-order valence-corrected chi connectivity index (χ2v) is 10.6. The quantitative estimate of drug-likeness (QED) is 0.396. The van der Waals surface area contributed by atoms with Gasteiger partial charge in [-0.1, -0.05) is 66.6 Å². The number of carbonyl (C=O) groups excluding carboxylic acids is 3. The number of amides is 3. The molecule has 1 aromatic heterocycles. The summed E-state index contributed by atoms with van der Waals surface area (Å²) < 4.78 is 5.55. The molecular weight excluding hydrogens is 506 g/mol. The van der Waals surface area contributed by atoms with Crippen LogP contribution in [-0.4, -0.2) is 63.5 Å². The van der Waals surface area contributed by atoms with Crippen molar-refractivity contribution in [1.29, 1.82) is 0 Å². The van der Waals surface area contributed by atoms with Crippen LogP contribution in [0.1, 0.15) is 56.4 Å². The van der Waals surface area contributed by atoms with Crippen molar-refractivity contribution < 1.29 is 19.1 Å². The molecular formula is C31H35N5O4. The largest absolute Gasteiger partial charge is 0.444 e. The van der Waals surface area contributed by atoms with Crippen LogP contribution in [0.15, 0.2) is 73.2 Å². The van der Waals surface area contributed by atoms with Crippen molar-refractivity contribution in [2.75, 3.05) is 13.1 Å². The Kier molecular flexibility index (Phi) is 9.23. The Morgan fingerprint density at radius 2 is 1.73 bits per heavy atom. The van der Waals surface area contributed by atoms with Gasteiger partial charge in [0.15, 0.2) is 0 Å². The van der Waals surface area contributed by atoms with Gasteiger partial charge in [0.05, 0.1) is 19.1 Å². The predicted molar refractivity (Wildman–Crippen MR) is 151 cm³/mol. The third kappa shape index (κ3) is 7.50. The predicted octanol–water partition coefficient (Wildman–Crippen LogP) is 3.59. The van der Waals surface area contributed by atoms with Gasteiger partial charge in [0.25, 0.3) is 0 Å². The molecule has 3 N–H and O–H groups in total. The van der Waals surface area contributed by atoms with Crippen LogP contribution < -0.4 is 10.6 Å². The Morgan fingerprint density at radius 3 is 2.30 bits per heavy atom. The molecule has 1 saturated heterocycles. The summed E-state index contributed by atoms with van der Waals surface area (Å²) >= 11 is 0. The molecule has 0 unspecified atom stereocenters. The fourth-order valence-electron chi connectivity index (χ4n) is 4.81. The van der Waals surface area contributed by atoms with E-state index in [2.05, 4.69) is 32.4 Å². The molecule has 2 aromatic carbocycles. The van der Waals surface area contributed by atoms with Crippen molar-refractivity contribution in [2.45, 2.75) is 57.2 Å². The standard InChI is InChI=1S/C31H35N5O4/c1-31(2,3)40-30(39)35-27(26(22-12-6-4-7-13-22)23-14-8-5-9-15-23)29(38)36-19-11-17-25(36)28(37)33-18-10-16-24-20-32-21-34-24/h4-9,12-15,20-21,25-27H,11,17-19H2,1-3H3,(H,32,34)(H,33,37)(H,35,39)/t25-,27+/m0/s1. The van der Waals surface area contributed by atoms with Gasteiger partial charge in [-0.05, 0) is 50.7 Å². The summed E-state index contributed by atoms with van der Waals surface area (Å²) in [6.07, 6.45) is 3.62. The molecule has 0 saturated carbocycles. The zero-order valence-electron chi connectivity index (χ0n) is 23.0. The fraction of sp³-hybridized carbons (Fsp3) is 0.355. The summed E-state index contributed by atoms with van der Waals surface area (Å²) in [5.74, 6) is 4.65. The summed E-state index contributed by atoms with van der Waals surface area (Å²) in [6.45, 7) is 5.84. The summed E-state index contributed by atoms with van der Waals surface area (Å²) in [6, 6.07) is 17.5. The van der Waals surface area contributed by atoms with Crippen LogP contribution in [0.4, 0.5) is 4.79 Å². The molecule has 0 bridgehead atoms. The Hall–Kier alpha value is -4.58. The number of imidazole rings is 1. The van der Waals surface area contributed by atoms with E-state index in [1.807, 2.05) is 60.7 Å². The van der Waals surface area contributed by atoms with Gasteiger partial charge in [-0.3, -0.25) is 9.59 Å². The third-order valence-corrected chi connectivity index (χ3v) is 6.50. The van der Waals surface area contributed by atoms with Gasteiger partial charge in [0.2, 0.25) is 11.8 Å². The number of alkyl carbamates (subject to hydrolysis) is 1. The Bertz CT molecular complexity index is 1300. The highest BCUT2D eigenvalue weighted by atomic mass is 16.6. The molecule has 208 valence electrons. The van der Waals surface area contributed by atoms with Gasteiger partial charge in [-0.15, -0.1) is 0 Å². The molecule has 9 nitrogen and oxygen atoms in total. The molecule has 1 aliphatic heterocycles. The molecule has 2 heterocycles. The van der Waals surface area contributed by atoms with Gasteiger partial charge in [0.1, 0.15) is 23.4 Å². The molecule has 0 spiro atoms. The number of carbonyl (C=O) groups is 3. The average molecular weight is 542 g/mol. The van der Waals surface area contributed by atoms with E-state index in [1.54, 1.807) is 31.9 Å². The van der Waals surface area contributed by atoms with Gasteiger partial charge >= 0.3 is 6.09 Å². The summed E-state index contributed by atoms with van der Waals surface area (Å²) in [5, 5.41) is 5.68. The molecule has 3 amide bonds. The van der Waals surface area contributed by atoms with E-state index < -0.39 is 29.7 Å². The highest BCUT2D eigenvalue weighted by molar-refractivity contribution is 5.93. The molecule has 9 heteroatoms. The maximum atomic E-state index is 14.3. The lowest BCUT2D eigenvalue weighted by Crippen LogP contribution is -2.56. The topological polar surface area (TPSA) is 116 Å². The lowest BCUT2D eigenvalue weighted by molar-refractivity contribution is -0.140. The molecule has 3 aromatic rings. The van der Waals surface area contributed by atoms with E-state index in [0.717, 1.165) is 11.1 Å². The summed E-state index contributed by atoms with van der Waals surface area (Å²) in [7, 11) is 0. The van der Waals surface area contributed by atoms with Gasteiger partial charge in [-0.2, -0.15) is 0 Å². The monoisotopic (exact) mass is 541 g/mol. The first-order chi connectivity index (χ1) is 19.2. The number of H-pyrrole nitrogens is 1. The number of nitrogens with one attached hydrogen (secondary N) is 3.